The number of hydrogen-bond acceptors (Lipinski definition) is 6. The number of ether oxygens (including phenoxy) is 2. The van der Waals surface area contributed by atoms with Crippen molar-refractivity contribution in [2.45, 2.75) is 46.3 Å². The minimum absolute atomic E-state index is 0.208. The molecule has 0 bridgehead atoms. The molecule has 0 saturated carbocycles. The number of fused-ring (bicyclic) bond motifs is 1. The SMILES string of the molecule is CCOC(=O)C1=C(C)N=c2sc(=Cc3ccc(OCc4ccccc4Cl)cc3)c(=O)n2C1c1ccc(C(C)C)cc1. The van der Waals surface area contributed by atoms with E-state index >= 15 is 0 Å². The van der Waals surface area contributed by atoms with Crippen molar-refractivity contribution in [1.29, 1.82) is 0 Å². The Kier molecular flexibility index (Phi) is 8.57. The molecule has 6 nitrogen and oxygen atoms in total. The van der Waals surface area contributed by atoms with Crippen LogP contribution in [-0.2, 0) is 16.1 Å². The molecule has 0 saturated heterocycles. The van der Waals surface area contributed by atoms with Gasteiger partial charge in [-0.3, -0.25) is 9.36 Å². The van der Waals surface area contributed by atoms with Crippen LogP contribution >= 0.6 is 22.9 Å². The van der Waals surface area contributed by atoms with Gasteiger partial charge in [-0.15, -0.1) is 0 Å². The molecule has 210 valence electrons. The van der Waals surface area contributed by atoms with Gasteiger partial charge in [-0.1, -0.05) is 91.4 Å². The molecule has 1 aliphatic heterocycles. The normalized spacial score (nSPS) is 15.1. The van der Waals surface area contributed by atoms with Gasteiger partial charge < -0.3 is 9.47 Å². The van der Waals surface area contributed by atoms with Gasteiger partial charge in [-0.2, -0.15) is 0 Å². The van der Waals surface area contributed by atoms with Gasteiger partial charge in [-0.05, 0) is 60.7 Å². The van der Waals surface area contributed by atoms with Crippen molar-refractivity contribution in [3.8, 4) is 5.75 Å². The van der Waals surface area contributed by atoms with Crippen molar-refractivity contribution in [1.82, 2.24) is 4.57 Å². The summed E-state index contributed by atoms with van der Waals surface area (Å²) >= 11 is 7.54. The Labute approximate surface area is 247 Å². The van der Waals surface area contributed by atoms with E-state index in [-0.39, 0.29) is 12.2 Å². The van der Waals surface area contributed by atoms with E-state index in [0.717, 1.165) is 16.7 Å². The predicted octanol–water partition coefficient (Wildman–Crippen LogP) is 6.15. The third-order valence-corrected chi connectivity index (χ3v) is 8.32. The summed E-state index contributed by atoms with van der Waals surface area (Å²) in [5, 5.41) is 0.662. The summed E-state index contributed by atoms with van der Waals surface area (Å²) in [6.45, 7) is 8.41. The fourth-order valence-electron chi connectivity index (χ4n) is 4.76. The number of carbonyl (C=O) groups excluding carboxylic acids is 1. The van der Waals surface area contributed by atoms with Gasteiger partial charge in [0.05, 0.1) is 28.5 Å². The average molecular weight is 587 g/mol. The quantitative estimate of drug-likeness (QED) is 0.232. The Morgan fingerprint density at radius 1 is 1.07 bits per heavy atom. The zero-order valence-corrected chi connectivity index (χ0v) is 25.0. The second kappa shape index (κ2) is 12.3. The first-order valence-corrected chi connectivity index (χ1v) is 14.7. The van der Waals surface area contributed by atoms with Gasteiger partial charge in [0, 0.05) is 10.6 Å². The van der Waals surface area contributed by atoms with E-state index < -0.39 is 12.0 Å². The number of aromatic nitrogens is 1. The maximum Gasteiger partial charge on any atom is 0.338 e. The summed E-state index contributed by atoms with van der Waals surface area (Å²) in [6, 6.07) is 22.5. The Morgan fingerprint density at radius 3 is 2.44 bits per heavy atom. The number of nitrogens with zero attached hydrogens (tertiary/aromatic N) is 2. The topological polar surface area (TPSA) is 69.9 Å². The van der Waals surface area contributed by atoms with Gasteiger partial charge in [0.15, 0.2) is 4.80 Å². The summed E-state index contributed by atoms with van der Waals surface area (Å²) in [5.41, 5.74) is 4.49. The minimum Gasteiger partial charge on any atom is -0.489 e. The highest BCUT2D eigenvalue weighted by Gasteiger charge is 2.33. The van der Waals surface area contributed by atoms with Gasteiger partial charge in [-0.25, -0.2) is 9.79 Å². The van der Waals surface area contributed by atoms with Crippen LogP contribution in [0.2, 0.25) is 5.02 Å². The first-order valence-electron chi connectivity index (χ1n) is 13.5. The van der Waals surface area contributed by atoms with E-state index in [2.05, 4.69) is 18.8 Å². The maximum absolute atomic E-state index is 13.8. The van der Waals surface area contributed by atoms with Crippen LogP contribution in [0.4, 0.5) is 0 Å². The standard InChI is InChI=1S/C33H31ClN2O4S/c1-5-39-32(38)29-21(4)35-33-36(30(29)24-14-12-23(13-15-24)20(2)3)31(37)28(41-33)18-22-10-16-26(17-11-22)40-19-25-8-6-7-9-27(25)34/h6-18,20,30H,5,19H2,1-4H3. The molecule has 5 rings (SSSR count). The molecule has 41 heavy (non-hydrogen) atoms. The maximum atomic E-state index is 13.8. The third kappa shape index (κ3) is 6.06. The van der Waals surface area contributed by atoms with Crippen LogP contribution in [0.5, 0.6) is 5.75 Å². The summed E-state index contributed by atoms with van der Waals surface area (Å²) in [6.07, 6.45) is 1.84. The van der Waals surface area contributed by atoms with Crippen LogP contribution < -0.4 is 19.6 Å². The molecule has 3 aromatic carbocycles. The summed E-state index contributed by atoms with van der Waals surface area (Å²) in [7, 11) is 0. The smallest absolute Gasteiger partial charge is 0.338 e. The number of benzene rings is 3. The summed E-state index contributed by atoms with van der Waals surface area (Å²) in [4.78, 5) is 32.1. The van der Waals surface area contributed by atoms with E-state index in [1.807, 2.05) is 78.9 Å². The lowest BCUT2D eigenvalue weighted by Crippen LogP contribution is -2.39. The second-order valence-electron chi connectivity index (χ2n) is 10.1. The third-order valence-electron chi connectivity index (χ3n) is 6.97. The monoisotopic (exact) mass is 586 g/mol. The summed E-state index contributed by atoms with van der Waals surface area (Å²) < 4.78 is 13.4. The number of carbonyl (C=O) groups is 1. The van der Waals surface area contributed by atoms with Crippen LogP contribution in [0.25, 0.3) is 6.08 Å². The number of allylic oxidation sites excluding steroid dienone is 1. The molecule has 2 heterocycles. The van der Waals surface area contributed by atoms with Crippen LogP contribution in [0.15, 0.2) is 93.9 Å². The molecule has 0 aliphatic carbocycles. The molecule has 0 N–H and O–H groups in total. The van der Waals surface area contributed by atoms with E-state index in [4.69, 9.17) is 21.1 Å². The largest absolute Gasteiger partial charge is 0.489 e. The van der Waals surface area contributed by atoms with E-state index in [1.54, 1.807) is 18.4 Å². The van der Waals surface area contributed by atoms with E-state index in [9.17, 15) is 9.59 Å². The second-order valence-corrected chi connectivity index (χ2v) is 11.5. The van der Waals surface area contributed by atoms with Crippen LogP contribution in [0, 0.1) is 0 Å². The Morgan fingerprint density at radius 2 is 1.78 bits per heavy atom. The number of halogens is 1. The molecule has 0 amide bonds. The number of thiazole rings is 1. The molecular formula is C33H31ClN2O4S. The predicted molar refractivity (Wildman–Crippen MR) is 163 cm³/mol. The highest BCUT2D eigenvalue weighted by atomic mass is 35.5. The van der Waals surface area contributed by atoms with Crippen molar-refractivity contribution in [2.24, 2.45) is 4.99 Å². The Balaban J connectivity index is 1.50. The number of esters is 1. The van der Waals surface area contributed by atoms with E-state index in [0.29, 0.717) is 43.9 Å². The fourth-order valence-corrected chi connectivity index (χ4v) is 6.00. The Bertz CT molecular complexity index is 1780. The van der Waals surface area contributed by atoms with Crippen molar-refractivity contribution in [2.75, 3.05) is 6.61 Å². The average Bonchev–Trinajstić information content (AvgIpc) is 3.26. The fraction of sp³-hybridized carbons (Fsp3) is 0.242. The highest BCUT2D eigenvalue weighted by molar-refractivity contribution is 7.07. The zero-order valence-electron chi connectivity index (χ0n) is 23.4. The van der Waals surface area contributed by atoms with E-state index in [1.165, 1.54) is 16.9 Å². The zero-order chi connectivity index (χ0) is 29.1. The molecular weight excluding hydrogens is 556 g/mol. The molecule has 1 unspecified atom stereocenters. The summed E-state index contributed by atoms with van der Waals surface area (Å²) in [5.74, 6) is 0.595. The van der Waals surface area contributed by atoms with Gasteiger partial charge in [0.1, 0.15) is 12.4 Å². The molecule has 4 aromatic rings. The van der Waals surface area contributed by atoms with Gasteiger partial charge in [0.2, 0.25) is 0 Å². The van der Waals surface area contributed by atoms with Crippen molar-refractivity contribution < 1.29 is 14.3 Å². The van der Waals surface area contributed by atoms with Gasteiger partial charge >= 0.3 is 5.97 Å². The first-order chi connectivity index (χ1) is 19.8. The minimum atomic E-state index is -0.630. The van der Waals surface area contributed by atoms with Gasteiger partial charge in [0.25, 0.3) is 5.56 Å². The lowest BCUT2D eigenvalue weighted by atomic mass is 9.93. The van der Waals surface area contributed by atoms with Crippen molar-refractivity contribution >= 4 is 35.0 Å². The van der Waals surface area contributed by atoms with Crippen LogP contribution in [-0.4, -0.2) is 17.1 Å². The molecule has 1 aliphatic rings. The molecule has 0 fully saturated rings. The lowest BCUT2D eigenvalue weighted by Gasteiger charge is -2.25. The van der Waals surface area contributed by atoms with Crippen LogP contribution in [0.1, 0.15) is 61.9 Å². The number of hydrogen-bond donors (Lipinski definition) is 0. The molecule has 0 radical (unpaired) electrons. The lowest BCUT2D eigenvalue weighted by molar-refractivity contribution is -0.139. The van der Waals surface area contributed by atoms with Crippen LogP contribution in [0.3, 0.4) is 0 Å². The Hall–Kier alpha value is -3.94. The van der Waals surface area contributed by atoms with Crippen molar-refractivity contribution in [3.63, 3.8) is 0 Å². The number of rotatable bonds is 8. The molecule has 8 heteroatoms. The highest BCUT2D eigenvalue weighted by Crippen LogP contribution is 2.31. The van der Waals surface area contributed by atoms with Crippen molar-refractivity contribution in [3.05, 3.63) is 131 Å². The first kappa shape index (κ1) is 28.6. The molecule has 1 atom stereocenters. The molecule has 1 aromatic heterocycles. The molecule has 0 spiro atoms.